The number of hydrogen-bond donors (Lipinski definition) is 1. The Kier molecular flexibility index (Phi) is 4.01. The van der Waals surface area contributed by atoms with Crippen LogP contribution in [-0.4, -0.2) is 11.6 Å². The molecule has 1 aliphatic rings. The van der Waals surface area contributed by atoms with Crippen LogP contribution in [0, 0.1) is 0 Å². The summed E-state index contributed by atoms with van der Waals surface area (Å²) in [5, 5.41) is 0.615. The van der Waals surface area contributed by atoms with Crippen molar-refractivity contribution in [2.45, 2.75) is 25.0 Å². The van der Waals surface area contributed by atoms with Crippen LogP contribution in [0.5, 0.6) is 0 Å². The molecule has 1 aromatic carbocycles. The molecular formula is C16H17ClN2O. The largest absolute Gasteiger partial charge is 0.373 e. The topological polar surface area (TPSA) is 48.1 Å². The smallest absolute Gasteiger partial charge is 0.0845 e. The highest BCUT2D eigenvalue weighted by Gasteiger charge is 2.24. The highest BCUT2D eigenvalue weighted by Crippen LogP contribution is 2.34. The number of fused-ring (bicyclic) bond motifs is 1. The van der Waals surface area contributed by atoms with E-state index in [1.807, 2.05) is 12.1 Å². The normalized spacial score (nSPS) is 19.4. The fraction of sp³-hybridized carbons (Fsp3) is 0.312. The van der Waals surface area contributed by atoms with Crippen LogP contribution in [-0.2, 0) is 11.2 Å². The van der Waals surface area contributed by atoms with Crippen molar-refractivity contribution < 1.29 is 4.74 Å². The standard InChI is InChI=1S/C16H17ClN2O/c17-14-10-19-7-5-13(14)15(18)9-16-12-4-2-1-3-11(12)6-8-20-16/h1-5,7,10,15-16H,6,8-9,18H2. The summed E-state index contributed by atoms with van der Waals surface area (Å²) < 4.78 is 5.90. The van der Waals surface area contributed by atoms with E-state index >= 15 is 0 Å². The van der Waals surface area contributed by atoms with Crippen LogP contribution in [0.3, 0.4) is 0 Å². The number of pyridine rings is 1. The fourth-order valence-corrected chi connectivity index (χ4v) is 2.98. The first kappa shape index (κ1) is 13.6. The van der Waals surface area contributed by atoms with Gasteiger partial charge in [0.1, 0.15) is 0 Å². The summed E-state index contributed by atoms with van der Waals surface area (Å²) in [5.74, 6) is 0. The number of aromatic nitrogens is 1. The minimum atomic E-state index is -0.151. The average Bonchev–Trinajstić information content (AvgIpc) is 2.48. The van der Waals surface area contributed by atoms with Gasteiger partial charge in [-0.1, -0.05) is 35.9 Å². The zero-order chi connectivity index (χ0) is 13.9. The monoisotopic (exact) mass is 288 g/mol. The van der Waals surface area contributed by atoms with Crippen LogP contribution in [0.4, 0.5) is 0 Å². The molecule has 2 aromatic rings. The van der Waals surface area contributed by atoms with E-state index in [0.717, 1.165) is 25.0 Å². The molecule has 2 heterocycles. The molecule has 2 atom stereocenters. The SMILES string of the molecule is NC(CC1OCCc2ccccc21)c1ccncc1Cl. The van der Waals surface area contributed by atoms with Gasteiger partial charge in [0.25, 0.3) is 0 Å². The summed E-state index contributed by atoms with van der Waals surface area (Å²) in [6.45, 7) is 0.748. The average molecular weight is 289 g/mol. The number of ether oxygens (including phenoxy) is 1. The van der Waals surface area contributed by atoms with Gasteiger partial charge in [-0.15, -0.1) is 0 Å². The Morgan fingerprint density at radius 2 is 2.20 bits per heavy atom. The van der Waals surface area contributed by atoms with Crippen LogP contribution in [0.15, 0.2) is 42.7 Å². The van der Waals surface area contributed by atoms with Gasteiger partial charge in [-0.2, -0.15) is 0 Å². The number of nitrogens with two attached hydrogens (primary N) is 1. The molecule has 3 rings (SSSR count). The van der Waals surface area contributed by atoms with Gasteiger partial charge in [0, 0.05) is 18.4 Å². The van der Waals surface area contributed by atoms with Gasteiger partial charge in [0.15, 0.2) is 0 Å². The quantitative estimate of drug-likeness (QED) is 0.941. The molecule has 0 aliphatic carbocycles. The molecular weight excluding hydrogens is 272 g/mol. The van der Waals surface area contributed by atoms with Gasteiger partial charge in [-0.25, -0.2) is 0 Å². The molecule has 1 aromatic heterocycles. The zero-order valence-electron chi connectivity index (χ0n) is 11.1. The summed E-state index contributed by atoms with van der Waals surface area (Å²) >= 11 is 6.15. The van der Waals surface area contributed by atoms with Crippen molar-refractivity contribution in [2.75, 3.05) is 6.61 Å². The van der Waals surface area contributed by atoms with Gasteiger partial charge in [0.2, 0.25) is 0 Å². The van der Waals surface area contributed by atoms with Crippen molar-refractivity contribution in [2.24, 2.45) is 5.73 Å². The van der Waals surface area contributed by atoms with Gasteiger partial charge in [0.05, 0.1) is 17.7 Å². The molecule has 104 valence electrons. The molecule has 4 heteroatoms. The van der Waals surface area contributed by atoms with Crippen molar-refractivity contribution in [3.63, 3.8) is 0 Å². The molecule has 1 aliphatic heterocycles. The third-order valence-electron chi connectivity index (χ3n) is 3.76. The Morgan fingerprint density at radius 3 is 3.05 bits per heavy atom. The number of nitrogens with zero attached hydrogens (tertiary/aromatic N) is 1. The molecule has 0 saturated carbocycles. The maximum absolute atomic E-state index is 6.29. The fourth-order valence-electron chi connectivity index (χ4n) is 2.72. The molecule has 0 bridgehead atoms. The number of hydrogen-bond acceptors (Lipinski definition) is 3. The van der Waals surface area contributed by atoms with E-state index < -0.39 is 0 Å². The van der Waals surface area contributed by atoms with E-state index in [1.165, 1.54) is 11.1 Å². The Hall–Kier alpha value is -1.42. The van der Waals surface area contributed by atoms with Gasteiger partial charge in [-0.05, 0) is 35.6 Å². The van der Waals surface area contributed by atoms with Crippen molar-refractivity contribution in [3.05, 3.63) is 64.4 Å². The molecule has 3 nitrogen and oxygen atoms in total. The summed E-state index contributed by atoms with van der Waals surface area (Å²) in [5.41, 5.74) is 9.82. The van der Waals surface area contributed by atoms with E-state index in [1.54, 1.807) is 12.4 Å². The van der Waals surface area contributed by atoms with Crippen LogP contribution in [0.1, 0.15) is 35.3 Å². The third-order valence-corrected chi connectivity index (χ3v) is 4.08. The van der Waals surface area contributed by atoms with Crippen LogP contribution < -0.4 is 5.73 Å². The van der Waals surface area contributed by atoms with Crippen molar-refractivity contribution >= 4 is 11.6 Å². The van der Waals surface area contributed by atoms with Gasteiger partial charge in [-0.3, -0.25) is 4.98 Å². The Morgan fingerprint density at radius 1 is 1.35 bits per heavy atom. The predicted octanol–water partition coefficient (Wildman–Crippen LogP) is 3.44. The van der Waals surface area contributed by atoms with Crippen LogP contribution in [0.2, 0.25) is 5.02 Å². The molecule has 2 unspecified atom stereocenters. The number of rotatable bonds is 3. The first-order chi connectivity index (χ1) is 9.75. The Balaban J connectivity index is 1.81. The second-order valence-electron chi connectivity index (χ2n) is 5.05. The molecule has 2 N–H and O–H groups in total. The molecule has 0 fully saturated rings. The molecule has 0 spiro atoms. The molecule has 0 radical (unpaired) electrons. The van der Waals surface area contributed by atoms with Crippen molar-refractivity contribution in [1.82, 2.24) is 4.98 Å². The second-order valence-corrected chi connectivity index (χ2v) is 5.45. The first-order valence-corrected chi connectivity index (χ1v) is 7.18. The molecule has 0 saturated heterocycles. The van der Waals surface area contributed by atoms with Crippen LogP contribution >= 0.6 is 11.6 Å². The lowest BCUT2D eigenvalue weighted by molar-refractivity contribution is 0.0320. The van der Waals surface area contributed by atoms with E-state index in [4.69, 9.17) is 22.1 Å². The molecule has 0 amide bonds. The molecule has 20 heavy (non-hydrogen) atoms. The highest BCUT2D eigenvalue weighted by molar-refractivity contribution is 6.31. The van der Waals surface area contributed by atoms with E-state index in [-0.39, 0.29) is 12.1 Å². The van der Waals surface area contributed by atoms with Gasteiger partial charge < -0.3 is 10.5 Å². The number of benzene rings is 1. The summed E-state index contributed by atoms with van der Waals surface area (Å²) in [7, 11) is 0. The first-order valence-electron chi connectivity index (χ1n) is 6.80. The highest BCUT2D eigenvalue weighted by atomic mass is 35.5. The Labute approximate surface area is 123 Å². The summed E-state index contributed by atoms with van der Waals surface area (Å²) in [6, 6.07) is 10.1. The van der Waals surface area contributed by atoms with Crippen molar-refractivity contribution in [3.8, 4) is 0 Å². The summed E-state index contributed by atoms with van der Waals surface area (Å²) in [4.78, 5) is 3.99. The second kappa shape index (κ2) is 5.92. The lowest BCUT2D eigenvalue weighted by Crippen LogP contribution is -2.21. The van der Waals surface area contributed by atoms with Crippen molar-refractivity contribution in [1.29, 1.82) is 0 Å². The van der Waals surface area contributed by atoms with Gasteiger partial charge >= 0.3 is 0 Å². The predicted molar refractivity (Wildman–Crippen MR) is 79.6 cm³/mol. The van der Waals surface area contributed by atoms with Crippen LogP contribution in [0.25, 0.3) is 0 Å². The number of halogens is 1. The Bertz CT molecular complexity index is 603. The minimum Gasteiger partial charge on any atom is -0.373 e. The van der Waals surface area contributed by atoms with E-state index in [2.05, 4.69) is 23.2 Å². The lowest BCUT2D eigenvalue weighted by Gasteiger charge is -2.28. The zero-order valence-corrected chi connectivity index (χ0v) is 11.9. The third kappa shape index (κ3) is 2.70. The summed E-state index contributed by atoms with van der Waals surface area (Å²) in [6.07, 6.45) is 5.08. The lowest BCUT2D eigenvalue weighted by atomic mass is 9.92. The maximum Gasteiger partial charge on any atom is 0.0845 e. The minimum absolute atomic E-state index is 0.0409. The maximum atomic E-state index is 6.29. The van der Waals surface area contributed by atoms with E-state index in [0.29, 0.717) is 5.02 Å². The van der Waals surface area contributed by atoms with E-state index in [9.17, 15) is 0 Å².